The van der Waals surface area contributed by atoms with Crippen LogP contribution < -0.4 is 19.5 Å². The Morgan fingerprint density at radius 1 is 1.12 bits per heavy atom. The van der Waals surface area contributed by atoms with Crippen LogP contribution in [0.25, 0.3) is 0 Å². The Kier molecular flexibility index (Phi) is 7.63. The summed E-state index contributed by atoms with van der Waals surface area (Å²) in [4.78, 5) is 41.8. The predicted octanol–water partition coefficient (Wildman–Crippen LogP) is 4.51. The van der Waals surface area contributed by atoms with E-state index in [-0.39, 0.29) is 5.75 Å². The van der Waals surface area contributed by atoms with Crippen LogP contribution in [0.15, 0.2) is 65.1 Å². The number of hydrazone groups is 1. The summed E-state index contributed by atoms with van der Waals surface area (Å²) < 4.78 is 40.2. The van der Waals surface area contributed by atoms with Crippen molar-refractivity contribution in [3.63, 3.8) is 0 Å². The summed E-state index contributed by atoms with van der Waals surface area (Å²) in [5.41, 5.74) is 0.260. The highest BCUT2D eigenvalue weighted by Crippen LogP contribution is 2.38. The van der Waals surface area contributed by atoms with Crippen molar-refractivity contribution in [1.82, 2.24) is 15.2 Å². The van der Waals surface area contributed by atoms with Crippen LogP contribution in [0.4, 0.5) is 13.6 Å². The average Bonchev–Trinajstić information content (AvgIpc) is 3.69. The summed E-state index contributed by atoms with van der Waals surface area (Å²) in [7, 11) is 3.04. The Morgan fingerprint density at radius 3 is 2.49 bits per heavy atom. The highest BCUT2D eigenvalue weighted by Gasteiger charge is 2.50. The Bertz CT molecular complexity index is 1500. The molecule has 10 nitrogen and oxygen atoms in total. The summed E-state index contributed by atoms with van der Waals surface area (Å²) in [6, 6.07) is 13.2. The lowest BCUT2D eigenvalue weighted by Gasteiger charge is -2.25. The number of nitrogens with zero attached hydrogens (tertiary/aromatic N) is 3. The topological polar surface area (TPSA) is 110 Å². The molecule has 2 aliphatic heterocycles. The summed E-state index contributed by atoms with van der Waals surface area (Å²) in [6.45, 7) is -2.07. The number of carbonyl (C=O) groups excluding carboxylic acids is 3. The van der Waals surface area contributed by atoms with Crippen LogP contribution in [0.3, 0.4) is 0 Å². The molecule has 41 heavy (non-hydrogen) atoms. The van der Waals surface area contributed by atoms with E-state index in [9.17, 15) is 23.2 Å². The fraction of sp³-hybridized carbons (Fsp3) is 0.286. The van der Waals surface area contributed by atoms with Crippen LogP contribution in [0.2, 0.25) is 0 Å². The van der Waals surface area contributed by atoms with E-state index in [0.29, 0.717) is 29.2 Å². The van der Waals surface area contributed by atoms with E-state index < -0.39 is 42.6 Å². The minimum Gasteiger partial charge on any atom is -0.493 e. The molecule has 2 aliphatic rings. The number of urea groups is 1. The number of amides is 4. The lowest BCUT2D eigenvalue weighted by Crippen LogP contribution is -2.43. The molecule has 2 atom stereocenters. The van der Waals surface area contributed by atoms with Crippen molar-refractivity contribution in [2.24, 2.45) is 5.10 Å². The normalized spacial score (nSPS) is 20.3. The first-order valence-corrected chi connectivity index (χ1v) is 13.4. The zero-order valence-electron chi connectivity index (χ0n) is 22.3. The van der Waals surface area contributed by atoms with Crippen molar-refractivity contribution < 1.29 is 37.4 Å². The smallest absolute Gasteiger partial charge is 0.387 e. The van der Waals surface area contributed by atoms with Crippen LogP contribution >= 0.6 is 11.3 Å². The second-order valence-electron chi connectivity index (χ2n) is 9.45. The number of thiophene rings is 1. The number of methoxy groups -OCH3 is 2. The third kappa shape index (κ3) is 5.32. The van der Waals surface area contributed by atoms with Crippen LogP contribution in [-0.4, -0.2) is 60.8 Å². The third-order valence-electron chi connectivity index (χ3n) is 6.99. The first-order chi connectivity index (χ1) is 19.6. The third-order valence-corrected chi connectivity index (χ3v) is 7.91. The summed E-state index contributed by atoms with van der Waals surface area (Å²) in [5, 5.41) is 10.4. The molecule has 5 rings (SSSR count). The number of hydrogen-bond donors (Lipinski definition) is 1. The molecule has 0 aliphatic carbocycles. The van der Waals surface area contributed by atoms with Crippen LogP contribution in [0.5, 0.6) is 17.2 Å². The second kappa shape index (κ2) is 11.2. The molecule has 0 spiro atoms. The quantitative estimate of drug-likeness (QED) is 0.371. The van der Waals surface area contributed by atoms with E-state index in [4.69, 9.17) is 9.47 Å². The number of hydrogen-bond acceptors (Lipinski definition) is 8. The number of carbonyl (C=O) groups is 3. The largest absolute Gasteiger partial charge is 0.493 e. The molecule has 2 aromatic carbocycles. The Hall–Kier alpha value is -4.52. The molecule has 0 unspecified atom stereocenters. The van der Waals surface area contributed by atoms with Gasteiger partial charge in [-0.15, -0.1) is 11.3 Å². The fourth-order valence-electron chi connectivity index (χ4n) is 4.87. The maximum atomic E-state index is 13.7. The van der Waals surface area contributed by atoms with Crippen molar-refractivity contribution in [1.29, 1.82) is 0 Å². The standard InChI is InChI=1S/C28H26F2N4O6S/c1-28(17-7-9-18(10-8-17)40-26(29)30)25(36)33(27(37)31-28)15-24(35)34-20(14-19(32-34)23-5-4-12-41-23)16-6-11-21(38-2)22(13-16)39-3/h4-13,20,26H,14-15H2,1-3H3,(H,31,37)/t20-,28-/m0/s1. The van der Waals surface area contributed by atoms with Gasteiger partial charge in [0.15, 0.2) is 11.5 Å². The van der Waals surface area contributed by atoms with Gasteiger partial charge in [0.2, 0.25) is 0 Å². The molecule has 0 bridgehead atoms. The van der Waals surface area contributed by atoms with E-state index in [2.05, 4.69) is 15.2 Å². The van der Waals surface area contributed by atoms with Gasteiger partial charge in [0.05, 0.1) is 30.9 Å². The molecule has 0 radical (unpaired) electrons. The minimum atomic E-state index is -3.00. The SMILES string of the molecule is COc1ccc([C@@H]2CC(c3cccs3)=NN2C(=O)CN2C(=O)N[C@@](C)(c3ccc(OC(F)F)cc3)C2=O)cc1OC. The highest BCUT2D eigenvalue weighted by molar-refractivity contribution is 7.12. The molecule has 3 heterocycles. The summed E-state index contributed by atoms with van der Waals surface area (Å²) in [6.07, 6.45) is 0.409. The molecule has 1 fully saturated rings. The number of rotatable bonds is 9. The predicted molar refractivity (Wildman–Crippen MR) is 145 cm³/mol. The van der Waals surface area contributed by atoms with Gasteiger partial charge in [0, 0.05) is 6.42 Å². The van der Waals surface area contributed by atoms with Crippen LogP contribution in [-0.2, 0) is 15.1 Å². The Balaban J connectivity index is 1.40. The lowest BCUT2D eigenvalue weighted by molar-refractivity contribution is -0.140. The number of alkyl halides is 2. The van der Waals surface area contributed by atoms with Crippen molar-refractivity contribution >= 4 is 34.9 Å². The van der Waals surface area contributed by atoms with Crippen molar-refractivity contribution in [2.75, 3.05) is 20.8 Å². The molecule has 3 aromatic rings. The van der Waals surface area contributed by atoms with E-state index in [1.54, 1.807) is 12.1 Å². The van der Waals surface area contributed by atoms with E-state index in [1.165, 1.54) is 61.8 Å². The zero-order valence-corrected chi connectivity index (χ0v) is 23.1. The van der Waals surface area contributed by atoms with Gasteiger partial charge < -0.3 is 19.5 Å². The molecule has 1 saturated heterocycles. The van der Waals surface area contributed by atoms with Gasteiger partial charge >= 0.3 is 12.6 Å². The van der Waals surface area contributed by atoms with Crippen molar-refractivity contribution in [3.05, 3.63) is 76.0 Å². The molecule has 0 saturated carbocycles. The Labute approximate surface area is 238 Å². The fourth-order valence-corrected chi connectivity index (χ4v) is 5.59. The molecular formula is C28H26F2N4O6S. The molecule has 1 N–H and O–H groups in total. The number of ether oxygens (including phenoxy) is 3. The lowest BCUT2D eigenvalue weighted by atomic mass is 9.92. The Morgan fingerprint density at radius 2 is 1.85 bits per heavy atom. The maximum Gasteiger partial charge on any atom is 0.387 e. The van der Waals surface area contributed by atoms with E-state index in [1.807, 2.05) is 23.6 Å². The van der Waals surface area contributed by atoms with E-state index in [0.717, 1.165) is 15.3 Å². The van der Waals surface area contributed by atoms with Gasteiger partial charge in [-0.1, -0.05) is 24.3 Å². The van der Waals surface area contributed by atoms with Gasteiger partial charge in [-0.05, 0) is 53.8 Å². The number of imide groups is 1. The van der Waals surface area contributed by atoms with E-state index >= 15 is 0 Å². The molecule has 4 amide bonds. The first kappa shape index (κ1) is 28.0. The average molecular weight is 585 g/mol. The first-order valence-electron chi connectivity index (χ1n) is 12.5. The van der Waals surface area contributed by atoms with Gasteiger partial charge in [0.1, 0.15) is 17.8 Å². The van der Waals surface area contributed by atoms with Gasteiger partial charge in [-0.25, -0.2) is 9.80 Å². The monoisotopic (exact) mass is 584 g/mol. The van der Waals surface area contributed by atoms with Gasteiger partial charge in [0.25, 0.3) is 11.8 Å². The second-order valence-corrected chi connectivity index (χ2v) is 10.4. The number of nitrogens with one attached hydrogen (secondary N) is 1. The molecule has 214 valence electrons. The van der Waals surface area contributed by atoms with Gasteiger partial charge in [-0.2, -0.15) is 13.9 Å². The highest BCUT2D eigenvalue weighted by atomic mass is 32.1. The summed E-state index contributed by atoms with van der Waals surface area (Å²) in [5.74, 6) is -0.311. The van der Waals surface area contributed by atoms with Crippen molar-refractivity contribution in [3.8, 4) is 17.2 Å². The maximum absolute atomic E-state index is 13.7. The van der Waals surface area contributed by atoms with Crippen LogP contribution in [0.1, 0.15) is 35.4 Å². The molecule has 1 aromatic heterocycles. The van der Waals surface area contributed by atoms with Crippen molar-refractivity contribution in [2.45, 2.75) is 31.5 Å². The molecular weight excluding hydrogens is 558 g/mol. The summed E-state index contributed by atoms with van der Waals surface area (Å²) >= 11 is 1.49. The number of halogens is 2. The van der Waals surface area contributed by atoms with Gasteiger partial charge in [-0.3, -0.25) is 14.5 Å². The zero-order chi connectivity index (χ0) is 29.3. The van der Waals surface area contributed by atoms with Crippen LogP contribution in [0, 0.1) is 0 Å². The number of benzene rings is 2. The minimum absolute atomic E-state index is 0.0919. The molecule has 13 heteroatoms.